The standard InChI is InChI=1S/C16H25N7O2.ClH/c1-10(2)14-19-13(25-22-14)5-4-12(24)18-16-20-15(21-23(16)3)11-6-8-17-9-7-11;/h10-11,17H,4-9H2,1-3H3,(H,18,20,21,24);1H. The van der Waals surface area contributed by atoms with Gasteiger partial charge in [-0.3, -0.25) is 10.1 Å². The molecule has 0 aromatic carbocycles. The average Bonchev–Trinajstić information content (AvgIpc) is 3.21. The summed E-state index contributed by atoms with van der Waals surface area (Å²) in [5.41, 5.74) is 0. The lowest BCUT2D eigenvalue weighted by atomic mass is 9.98. The number of anilines is 1. The molecule has 2 aromatic heterocycles. The third kappa shape index (κ3) is 5.01. The monoisotopic (exact) mass is 383 g/mol. The molecule has 2 aromatic rings. The Hall–Kier alpha value is -2.00. The SMILES string of the molecule is CC(C)c1noc(CCC(=O)Nc2nc(C3CCNCC3)nn2C)n1.Cl. The van der Waals surface area contributed by atoms with Gasteiger partial charge in [0.05, 0.1) is 0 Å². The van der Waals surface area contributed by atoms with Crippen LogP contribution in [0.1, 0.15) is 62.5 Å². The number of carbonyl (C=O) groups excluding carboxylic acids is 1. The topological polar surface area (TPSA) is 111 Å². The Morgan fingerprint density at radius 2 is 2.08 bits per heavy atom. The molecule has 3 rings (SSSR count). The number of piperidine rings is 1. The molecule has 144 valence electrons. The van der Waals surface area contributed by atoms with E-state index in [1.165, 1.54) is 0 Å². The summed E-state index contributed by atoms with van der Waals surface area (Å²) < 4.78 is 6.78. The lowest BCUT2D eigenvalue weighted by Crippen LogP contribution is -2.27. The summed E-state index contributed by atoms with van der Waals surface area (Å²) in [6.07, 6.45) is 2.71. The molecule has 9 nitrogen and oxygen atoms in total. The molecule has 3 heterocycles. The number of nitrogens with one attached hydrogen (secondary N) is 2. The van der Waals surface area contributed by atoms with Crippen LogP contribution < -0.4 is 10.6 Å². The van der Waals surface area contributed by atoms with Crippen LogP contribution in [-0.2, 0) is 18.3 Å². The molecule has 0 atom stereocenters. The number of aromatic nitrogens is 5. The van der Waals surface area contributed by atoms with E-state index in [0.29, 0.717) is 30.0 Å². The fourth-order valence-corrected chi connectivity index (χ4v) is 2.78. The first-order valence-corrected chi connectivity index (χ1v) is 8.77. The van der Waals surface area contributed by atoms with E-state index in [1.807, 2.05) is 13.8 Å². The van der Waals surface area contributed by atoms with Crippen LogP contribution in [0.2, 0.25) is 0 Å². The molecule has 0 bridgehead atoms. The summed E-state index contributed by atoms with van der Waals surface area (Å²) in [6, 6.07) is 0. The minimum absolute atomic E-state index is 0. The van der Waals surface area contributed by atoms with Crippen molar-refractivity contribution in [1.82, 2.24) is 30.2 Å². The van der Waals surface area contributed by atoms with Crippen LogP contribution in [-0.4, -0.2) is 43.9 Å². The normalized spacial score (nSPS) is 15.1. The van der Waals surface area contributed by atoms with Gasteiger partial charge >= 0.3 is 0 Å². The zero-order valence-electron chi connectivity index (χ0n) is 15.4. The first-order valence-electron chi connectivity index (χ1n) is 8.77. The summed E-state index contributed by atoms with van der Waals surface area (Å²) in [5.74, 6) is 2.84. The maximum atomic E-state index is 12.2. The lowest BCUT2D eigenvalue weighted by Gasteiger charge is -2.19. The molecular weight excluding hydrogens is 358 g/mol. The second-order valence-corrected chi connectivity index (χ2v) is 6.69. The van der Waals surface area contributed by atoms with Crippen molar-refractivity contribution in [3.8, 4) is 0 Å². The van der Waals surface area contributed by atoms with Crippen LogP contribution in [0.25, 0.3) is 0 Å². The van der Waals surface area contributed by atoms with E-state index in [1.54, 1.807) is 11.7 Å². The molecule has 0 spiro atoms. The Morgan fingerprint density at radius 1 is 1.35 bits per heavy atom. The van der Waals surface area contributed by atoms with Crippen LogP contribution >= 0.6 is 12.4 Å². The highest BCUT2D eigenvalue weighted by molar-refractivity contribution is 5.89. The molecule has 0 unspecified atom stereocenters. The smallest absolute Gasteiger partial charge is 0.227 e. The fraction of sp³-hybridized carbons (Fsp3) is 0.688. The molecule has 1 aliphatic rings. The van der Waals surface area contributed by atoms with E-state index < -0.39 is 0 Å². The number of aryl methyl sites for hydroxylation is 2. The summed E-state index contributed by atoms with van der Waals surface area (Å²) in [7, 11) is 1.79. The van der Waals surface area contributed by atoms with Gasteiger partial charge < -0.3 is 9.84 Å². The number of hydrogen-bond acceptors (Lipinski definition) is 7. The zero-order valence-corrected chi connectivity index (χ0v) is 16.2. The van der Waals surface area contributed by atoms with Crippen molar-refractivity contribution in [2.75, 3.05) is 18.4 Å². The molecule has 1 amide bonds. The Balaban J connectivity index is 0.00000243. The van der Waals surface area contributed by atoms with Gasteiger partial charge in [-0.05, 0) is 25.9 Å². The van der Waals surface area contributed by atoms with Crippen molar-refractivity contribution in [2.24, 2.45) is 7.05 Å². The lowest BCUT2D eigenvalue weighted by molar-refractivity contribution is -0.116. The number of nitrogens with zero attached hydrogens (tertiary/aromatic N) is 5. The van der Waals surface area contributed by atoms with Crippen molar-refractivity contribution in [3.63, 3.8) is 0 Å². The molecule has 1 aliphatic heterocycles. The van der Waals surface area contributed by atoms with Gasteiger partial charge in [-0.2, -0.15) is 15.1 Å². The van der Waals surface area contributed by atoms with Gasteiger partial charge in [-0.25, -0.2) is 4.68 Å². The fourth-order valence-electron chi connectivity index (χ4n) is 2.78. The molecule has 10 heteroatoms. The second kappa shape index (κ2) is 9.09. The van der Waals surface area contributed by atoms with Gasteiger partial charge in [-0.1, -0.05) is 19.0 Å². The minimum Gasteiger partial charge on any atom is -0.339 e. The largest absolute Gasteiger partial charge is 0.339 e. The van der Waals surface area contributed by atoms with E-state index >= 15 is 0 Å². The van der Waals surface area contributed by atoms with Gasteiger partial charge in [-0.15, -0.1) is 12.4 Å². The van der Waals surface area contributed by atoms with Gasteiger partial charge in [0.2, 0.25) is 17.7 Å². The summed E-state index contributed by atoms with van der Waals surface area (Å²) in [4.78, 5) is 20.9. The summed E-state index contributed by atoms with van der Waals surface area (Å²) in [6.45, 7) is 5.95. The van der Waals surface area contributed by atoms with Crippen LogP contribution in [0.5, 0.6) is 0 Å². The quantitative estimate of drug-likeness (QED) is 0.782. The summed E-state index contributed by atoms with van der Waals surface area (Å²) >= 11 is 0. The highest BCUT2D eigenvalue weighted by atomic mass is 35.5. The third-order valence-corrected chi connectivity index (χ3v) is 4.30. The minimum atomic E-state index is -0.142. The second-order valence-electron chi connectivity index (χ2n) is 6.69. The highest BCUT2D eigenvalue weighted by Crippen LogP contribution is 2.23. The van der Waals surface area contributed by atoms with Crippen molar-refractivity contribution in [2.45, 2.75) is 51.4 Å². The van der Waals surface area contributed by atoms with Crippen molar-refractivity contribution >= 4 is 24.3 Å². The molecule has 2 N–H and O–H groups in total. The maximum Gasteiger partial charge on any atom is 0.227 e. The van der Waals surface area contributed by atoms with Gasteiger partial charge in [0.1, 0.15) is 0 Å². The van der Waals surface area contributed by atoms with Gasteiger partial charge in [0.25, 0.3) is 0 Å². The van der Waals surface area contributed by atoms with Gasteiger partial charge in [0, 0.05) is 31.7 Å². The molecule has 26 heavy (non-hydrogen) atoms. The number of hydrogen-bond donors (Lipinski definition) is 2. The van der Waals surface area contributed by atoms with E-state index in [2.05, 4.69) is 30.9 Å². The van der Waals surface area contributed by atoms with Crippen molar-refractivity contribution in [3.05, 3.63) is 17.5 Å². The number of rotatable bonds is 6. The first-order chi connectivity index (χ1) is 12.0. The van der Waals surface area contributed by atoms with Crippen LogP contribution in [0, 0.1) is 0 Å². The predicted octanol–water partition coefficient (Wildman–Crippen LogP) is 1.78. The molecular formula is C16H26ClN7O2. The van der Waals surface area contributed by atoms with Crippen molar-refractivity contribution < 1.29 is 9.32 Å². The molecule has 0 saturated carbocycles. The van der Waals surface area contributed by atoms with E-state index in [0.717, 1.165) is 31.8 Å². The van der Waals surface area contributed by atoms with E-state index in [4.69, 9.17) is 4.52 Å². The molecule has 0 radical (unpaired) electrons. The van der Waals surface area contributed by atoms with Crippen LogP contribution in [0.4, 0.5) is 5.95 Å². The zero-order chi connectivity index (χ0) is 17.8. The Morgan fingerprint density at radius 3 is 2.73 bits per heavy atom. The third-order valence-electron chi connectivity index (χ3n) is 4.30. The predicted molar refractivity (Wildman–Crippen MR) is 98.4 cm³/mol. The van der Waals surface area contributed by atoms with Gasteiger partial charge in [0.15, 0.2) is 11.6 Å². The Bertz CT molecular complexity index is 722. The van der Waals surface area contributed by atoms with Crippen LogP contribution in [0.15, 0.2) is 4.52 Å². The van der Waals surface area contributed by atoms with E-state index in [9.17, 15) is 4.79 Å². The Labute approximate surface area is 158 Å². The van der Waals surface area contributed by atoms with E-state index in [-0.39, 0.29) is 30.7 Å². The molecule has 0 aliphatic carbocycles. The first kappa shape index (κ1) is 20.3. The van der Waals surface area contributed by atoms with Crippen molar-refractivity contribution in [1.29, 1.82) is 0 Å². The maximum absolute atomic E-state index is 12.2. The molecule has 1 fully saturated rings. The Kier molecular flexibility index (Phi) is 7.10. The molecule has 1 saturated heterocycles. The van der Waals surface area contributed by atoms with Crippen LogP contribution in [0.3, 0.4) is 0 Å². The summed E-state index contributed by atoms with van der Waals surface area (Å²) in [5, 5.41) is 14.5. The number of amides is 1. The average molecular weight is 384 g/mol. The number of carbonyl (C=O) groups is 1. The highest BCUT2D eigenvalue weighted by Gasteiger charge is 2.21. The number of halogens is 1.